The molecule has 3 amide bonds. The van der Waals surface area contributed by atoms with E-state index in [1.54, 1.807) is 4.90 Å². The minimum absolute atomic E-state index is 0.0410. The molecule has 1 saturated heterocycles. The van der Waals surface area contributed by atoms with Crippen molar-refractivity contribution in [1.82, 2.24) is 10.2 Å². The second-order valence-corrected chi connectivity index (χ2v) is 7.44. The van der Waals surface area contributed by atoms with E-state index in [1.807, 2.05) is 24.3 Å². The smallest absolute Gasteiger partial charge is 0.238 e. The number of β-amino-alcohol motifs (C(OH)–C–C–N with tert-alkyl or cyclic N) is 1. The van der Waals surface area contributed by atoms with E-state index >= 15 is 0 Å². The summed E-state index contributed by atoms with van der Waals surface area (Å²) in [6.45, 7) is 0.950. The van der Waals surface area contributed by atoms with Crippen LogP contribution < -0.4 is 10.6 Å². The number of para-hydroxylation sites is 1. The summed E-state index contributed by atoms with van der Waals surface area (Å²) < 4.78 is 0. The Balaban J connectivity index is 1.45. The van der Waals surface area contributed by atoms with Crippen molar-refractivity contribution >= 4 is 35.2 Å². The molecule has 1 fully saturated rings. The van der Waals surface area contributed by atoms with Gasteiger partial charge in [-0.05, 0) is 18.6 Å². The highest BCUT2D eigenvalue weighted by Crippen LogP contribution is 2.36. The van der Waals surface area contributed by atoms with Crippen LogP contribution in [0.2, 0.25) is 0 Å². The van der Waals surface area contributed by atoms with Gasteiger partial charge in [-0.3, -0.25) is 14.4 Å². The number of aliphatic hydroxyl groups is 1. The van der Waals surface area contributed by atoms with Gasteiger partial charge in [-0.2, -0.15) is 0 Å². The molecule has 2 atom stereocenters. The normalized spacial score (nSPS) is 20.8. The van der Waals surface area contributed by atoms with Gasteiger partial charge in [0.25, 0.3) is 0 Å². The molecule has 7 nitrogen and oxygen atoms in total. The first kappa shape index (κ1) is 17.8. The van der Waals surface area contributed by atoms with Crippen LogP contribution in [0.3, 0.4) is 0 Å². The number of aliphatic hydroxyl groups excluding tert-OH is 1. The zero-order valence-corrected chi connectivity index (χ0v) is 14.6. The molecule has 25 heavy (non-hydrogen) atoms. The van der Waals surface area contributed by atoms with Crippen LogP contribution in [-0.4, -0.2) is 58.7 Å². The van der Waals surface area contributed by atoms with Crippen molar-refractivity contribution in [2.75, 3.05) is 25.0 Å². The van der Waals surface area contributed by atoms with Crippen molar-refractivity contribution in [3.05, 3.63) is 24.3 Å². The largest absolute Gasteiger partial charge is 0.389 e. The van der Waals surface area contributed by atoms with Crippen molar-refractivity contribution in [3.63, 3.8) is 0 Å². The number of fused-ring (bicyclic) bond motifs is 1. The Morgan fingerprint density at radius 1 is 1.40 bits per heavy atom. The molecule has 2 aliphatic rings. The topological polar surface area (TPSA) is 98.7 Å². The summed E-state index contributed by atoms with van der Waals surface area (Å²) >= 11 is 1.37. The molecular formula is C17H21N3O4S. The van der Waals surface area contributed by atoms with Crippen LogP contribution in [0.5, 0.6) is 0 Å². The van der Waals surface area contributed by atoms with Gasteiger partial charge in [-0.1, -0.05) is 12.1 Å². The second kappa shape index (κ2) is 7.88. The van der Waals surface area contributed by atoms with Gasteiger partial charge < -0.3 is 20.6 Å². The molecule has 0 radical (unpaired) electrons. The third-order valence-electron chi connectivity index (χ3n) is 4.21. The third kappa shape index (κ3) is 4.52. The maximum absolute atomic E-state index is 12.1. The summed E-state index contributed by atoms with van der Waals surface area (Å²) in [6.07, 6.45) is 0.571. The number of benzene rings is 1. The van der Waals surface area contributed by atoms with Crippen LogP contribution >= 0.6 is 11.8 Å². The maximum atomic E-state index is 12.1. The summed E-state index contributed by atoms with van der Waals surface area (Å²) in [4.78, 5) is 38.2. The van der Waals surface area contributed by atoms with Crippen LogP contribution in [0.1, 0.15) is 19.3 Å². The van der Waals surface area contributed by atoms with Crippen molar-refractivity contribution in [3.8, 4) is 0 Å². The molecule has 0 bridgehead atoms. The number of nitrogens with one attached hydrogen (secondary N) is 2. The number of thioether (sulfide) groups is 1. The lowest BCUT2D eigenvalue weighted by molar-refractivity contribution is -0.129. The molecule has 2 heterocycles. The fraction of sp³-hybridized carbons (Fsp3) is 0.471. The summed E-state index contributed by atoms with van der Waals surface area (Å²) in [5.41, 5.74) is 0.764. The van der Waals surface area contributed by atoms with E-state index in [4.69, 9.17) is 0 Å². The first-order valence-electron chi connectivity index (χ1n) is 8.32. The lowest BCUT2D eigenvalue weighted by Gasteiger charge is -2.24. The minimum atomic E-state index is -0.806. The van der Waals surface area contributed by atoms with Gasteiger partial charge in [0.2, 0.25) is 17.7 Å². The predicted octanol–water partition coefficient (Wildman–Crippen LogP) is 0.589. The van der Waals surface area contributed by atoms with Crippen LogP contribution in [0.15, 0.2) is 29.2 Å². The number of hydrogen-bond donors (Lipinski definition) is 3. The third-order valence-corrected chi connectivity index (χ3v) is 5.49. The van der Waals surface area contributed by atoms with Gasteiger partial charge >= 0.3 is 0 Å². The number of carbonyl (C=O) groups is 3. The zero-order valence-electron chi connectivity index (χ0n) is 13.7. The molecule has 3 N–H and O–H groups in total. The van der Waals surface area contributed by atoms with E-state index in [9.17, 15) is 19.5 Å². The number of carbonyl (C=O) groups excluding carboxylic acids is 3. The van der Waals surface area contributed by atoms with Crippen molar-refractivity contribution in [1.29, 1.82) is 0 Å². The molecule has 1 aromatic rings. The van der Waals surface area contributed by atoms with Gasteiger partial charge in [0, 0.05) is 37.4 Å². The number of likely N-dealkylation sites (tertiary alicyclic amines) is 1. The van der Waals surface area contributed by atoms with Crippen molar-refractivity contribution in [2.24, 2.45) is 0 Å². The Morgan fingerprint density at radius 3 is 2.96 bits per heavy atom. The Hall–Kier alpha value is -2.06. The highest BCUT2D eigenvalue weighted by Gasteiger charge is 2.29. The van der Waals surface area contributed by atoms with Crippen molar-refractivity contribution in [2.45, 2.75) is 35.5 Å². The van der Waals surface area contributed by atoms with Crippen LogP contribution in [0.4, 0.5) is 5.69 Å². The Labute approximate surface area is 150 Å². The molecular weight excluding hydrogens is 342 g/mol. The summed E-state index contributed by atoms with van der Waals surface area (Å²) in [5.74, 6) is -0.444. The highest BCUT2D eigenvalue weighted by molar-refractivity contribution is 8.01. The average molecular weight is 363 g/mol. The molecule has 3 rings (SSSR count). The lowest BCUT2D eigenvalue weighted by Crippen LogP contribution is -2.42. The van der Waals surface area contributed by atoms with E-state index in [2.05, 4.69) is 10.6 Å². The first-order chi connectivity index (χ1) is 12.0. The zero-order chi connectivity index (χ0) is 17.8. The molecule has 0 aromatic heterocycles. The quantitative estimate of drug-likeness (QED) is 0.687. The molecule has 0 saturated carbocycles. The number of rotatable bonds is 6. The molecule has 0 spiro atoms. The Kier molecular flexibility index (Phi) is 5.60. The number of anilines is 1. The SMILES string of the molecule is O=C(CC1Sc2ccccc2NC1=O)NCC(O)CN1CCCC1=O. The monoisotopic (exact) mass is 363 g/mol. The van der Waals surface area contributed by atoms with E-state index in [-0.39, 0.29) is 37.2 Å². The molecule has 0 aliphatic carbocycles. The van der Waals surface area contributed by atoms with Crippen LogP contribution in [0.25, 0.3) is 0 Å². The molecule has 1 aromatic carbocycles. The van der Waals surface area contributed by atoms with Gasteiger partial charge in [-0.15, -0.1) is 11.8 Å². The van der Waals surface area contributed by atoms with Crippen molar-refractivity contribution < 1.29 is 19.5 Å². The summed E-state index contributed by atoms with van der Waals surface area (Å²) in [6, 6.07) is 7.46. The number of hydrogen-bond acceptors (Lipinski definition) is 5. The van der Waals surface area contributed by atoms with Gasteiger partial charge in [-0.25, -0.2) is 0 Å². The predicted molar refractivity (Wildman–Crippen MR) is 94.2 cm³/mol. The number of nitrogens with zero attached hydrogens (tertiary/aromatic N) is 1. The van der Waals surface area contributed by atoms with Gasteiger partial charge in [0.05, 0.1) is 17.0 Å². The molecule has 134 valence electrons. The van der Waals surface area contributed by atoms with E-state index < -0.39 is 11.4 Å². The first-order valence-corrected chi connectivity index (χ1v) is 9.20. The molecule has 8 heteroatoms. The fourth-order valence-electron chi connectivity index (χ4n) is 2.92. The summed E-state index contributed by atoms with van der Waals surface area (Å²) in [5, 5.41) is 14.9. The summed E-state index contributed by atoms with van der Waals surface area (Å²) in [7, 11) is 0. The Bertz CT molecular complexity index is 682. The highest BCUT2D eigenvalue weighted by atomic mass is 32.2. The minimum Gasteiger partial charge on any atom is -0.389 e. The standard InChI is InChI=1S/C17H21N3O4S/c21-11(10-20-7-3-6-16(20)23)9-18-15(22)8-14-17(24)19-12-4-1-2-5-13(12)25-14/h1-2,4-5,11,14,21H,3,6-10H2,(H,18,22)(H,19,24). The lowest BCUT2D eigenvalue weighted by atomic mass is 10.2. The fourth-order valence-corrected chi connectivity index (χ4v) is 4.03. The molecule has 2 unspecified atom stereocenters. The van der Waals surface area contributed by atoms with E-state index in [1.165, 1.54) is 11.8 Å². The Morgan fingerprint density at radius 2 is 2.20 bits per heavy atom. The maximum Gasteiger partial charge on any atom is 0.238 e. The van der Waals surface area contributed by atoms with Crippen LogP contribution in [0, 0.1) is 0 Å². The van der Waals surface area contributed by atoms with Crippen LogP contribution in [-0.2, 0) is 14.4 Å². The van der Waals surface area contributed by atoms with E-state index in [0.29, 0.717) is 13.0 Å². The molecule has 2 aliphatic heterocycles. The van der Waals surface area contributed by atoms with Gasteiger partial charge in [0.15, 0.2) is 0 Å². The second-order valence-electron chi connectivity index (χ2n) is 6.20. The van der Waals surface area contributed by atoms with Gasteiger partial charge in [0.1, 0.15) is 0 Å². The number of amides is 3. The average Bonchev–Trinajstić information content (AvgIpc) is 2.98. The van der Waals surface area contributed by atoms with E-state index in [0.717, 1.165) is 17.0 Å².